The van der Waals surface area contributed by atoms with E-state index < -0.39 is 11.4 Å². The van der Waals surface area contributed by atoms with Crippen molar-refractivity contribution < 1.29 is 14.2 Å². The van der Waals surface area contributed by atoms with Crippen LogP contribution in [0.5, 0.6) is 5.75 Å². The fourth-order valence-electron chi connectivity index (χ4n) is 2.18. The maximum Gasteiger partial charge on any atom is 0.141 e. The first kappa shape index (κ1) is 15.3. The molecule has 0 aliphatic heterocycles. The minimum atomic E-state index is -0.748. The molecule has 2 rings (SSSR count). The Morgan fingerprint density at radius 3 is 2.43 bits per heavy atom. The van der Waals surface area contributed by atoms with Crippen molar-refractivity contribution in [1.82, 2.24) is 4.98 Å². The highest BCUT2D eigenvalue weighted by Crippen LogP contribution is 2.29. The number of anilines is 1. The molecule has 0 fully saturated rings. The van der Waals surface area contributed by atoms with Crippen LogP contribution in [0.25, 0.3) is 0 Å². The molecule has 0 radical (unpaired) electrons. The first-order chi connectivity index (χ1) is 10.1. The van der Waals surface area contributed by atoms with E-state index in [0.29, 0.717) is 12.1 Å². The molecule has 0 spiro atoms. The van der Waals surface area contributed by atoms with E-state index in [1.54, 1.807) is 13.2 Å². The molecule has 2 N–H and O–H groups in total. The van der Waals surface area contributed by atoms with Crippen molar-refractivity contribution in [3.63, 3.8) is 0 Å². The second kappa shape index (κ2) is 6.54. The van der Waals surface area contributed by atoms with Crippen LogP contribution >= 0.6 is 0 Å². The van der Waals surface area contributed by atoms with Crippen LogP contribution in [0.1, 0.15) is 19.0 Å². The van der Waals surface area contributed by atoms with Crippen LogP contribution < -0.4 is 10.1 Å². The molecule has 21 heavy (non-hydrogen) atoms. The molecule has 1 aromatic heterocycles. The van der Waals surface area contributed by atoms with Crippen molar-refractivity contribution in [2.75, 3.05) is 19.0 Å². The quantitative estimate of drug-likeness (QED) is 0.859. The Morgan fingerprint density at radius 1 is 1.24 bits per heavy atom. The zero-order chi connectivity index (χ0) is 15.3. The molecule has 1 aromatic carbocycles. The number of rotatable bonds is 6. The highest BCUT2D eigenvalue weighted by atomic mass is 19.1. The van der Waals surface area contributed by atoms with Gasteiger partial charge < -0.3 is 15.2 Å². The number of benzene rings is 1. The van der Waals surface area contributed by atoms with Gasteiger partial charge in [-0.2, -0.15) is 0 Å². The molecule has 112 valence electrons. The van der Waals surface area contributed by atoms with Gasteiger partial charge in [-0.1, -0.05) is 6.92 Å². The number of aromatic nitrogens is 1. The number of hydrogen-bond acceptors (Lipinski definition) is 4. The number of pyridine rings is 1. The Bertz CT molecular complexity index is 566. The minimum absolute atomic E-state index is 0.145. The summed E-state index contributed by atoms with van der Waals surface area (Å²) in [5.41, 5.74) is 0.685. The summed E-state index contributed by atoms with van der Waals surface area (Å²) in [7, 11) is 1.61. The van der Waals surface area contributed by atoms with Crippen LogP contribution in [0.4, 0.5) is 10.1 Å². The summed E-state index contributed by atoms with van der Waals surface area (Å²) >= 11 is 0. The summed E-state index contributed by atoms with van der Waals surface area (Å²) in [4.78, 5) is 4.10. The standard InChI is InChI=1S/C16H19FN2O2/c1-3-16(11-20,15-9-4-12(17)10-18-15)19-13-5-7-14(21-2)8-6-13/h4-10,19-20H,3,11H2,1-2H3. The van der Waals surface area contributed by atoms with E-state index >= 15 is 0 Å². The fourth-order valence-corrected chi connectivity index (χ4v) is 2.18. The van der Waals surface area contributed by atoms with Crippen LogP contribution in [0.3, 0.4) is 0 Å². The third kappa shape index (κ3) is 3.31. The first-order valence-corrected chi connectivity index (χ1v) is 6.78. The van der Waals surface area contributed by atoms with Crippen LogP contribution in [0, 0.1) is 5.82 Å². The van der Waals surface area contributed by atoms with Gasteiger partial charge in [-0.05, 0) is 42.8 Å². The van der Waals surface area contributed by atoms with Crippen LogP contribution in [-0.2, 0) is 5.54 Å². The van der Waals surface area contributed by atoms with Gasteiger partial charge in [-0.3, -0.25) is 4.98 Å². The van der Waals surface area contributed by atoms with Crippen molar-refractivity contribution in [2.45, 2.75) is 18.9 Å². The Hall–Kier alpha value is -2.14. The largest absolute Gasteiger partial charge is 0.497 e. The van der Waals surface area contributed by atoms with Gasteiger partial charge in [0.25, 0.3) is 0 Å². The Balaban J connectivity index is 2.30. The molecule has 1 heterocycles. The number of ether oxygens (including phenoxy) is 1. The van der Waals surface area contributed by atoms with Gasteiger partial charge in [0.15, 0.2) is 0 Å². The number of nitrogens with zero attached hydrogens (tertiary/aromatic N) is 1. The van der Waals surface area contributed by atoms with Crippen molar-refractivity contribution in [2.24, 2.45) is 0 Å². The van der Waals surface area contributed by atoms with Crippen molar-refractivity contribution in [3.8, 4) is 5.75 Å². The van der Waals surface area contributed by atoms with Gasteiger partial charge in [0, 0.05) is 5.69 Å². The highest BCUT2D eigenvalue weighted by Gasteiger charge is 2.31. The Morgan fingerprint density at radius 2 is 1.95 bits per heavy atom. The second-order valence-electron chi connectivity index (χ2n) is 4.81. The molecular formula is C16H19FN2O2. The van der Waals surface area contributed by atoms with E-state index in [4.69, 9.17) is 4.74 Å². The van der Waals surface area contributed by atoms with Crippen molar-refractivity contribution in [1.29, 1.82) is 0 Å². The van der Waals surface area contributed by atoms with Gasteiger partial charge in [-0.15, -0.1) is 0 Å². The zero-order valence-corrected chi connectivity index (χ0v) is 12.1. The van der Waals surface area contributed by atoms with Crippen LogP contribution in [0.2, 0.25) is 0 Å². The number of nitrogens with one attached hydrogen (secondary N) is 1. The average molecular weight is 290 g/mol. The van der Waals surface area contributed by atoms with Crippen LogP contribution in [-0.4, -0.2) is 23.8 Å². The number of methoxy groups -OCH3 is 1. The van der Waals surface area contributed by atoms with E-state index in [1.807, 2.05) is 31.2 Å². The minimum Gasteiger partial charge on any atom is -0.497 e. The van der Waals surface area contributed by atoms with E-state index in [9.17, 15) is 9.50 Å². The lowest BCUT2D eigenvalue weighted by Gasteiger charge is -2.32. The van der Waals surface area contributed by atoms with Gasteiger partial charge in [-0.25, -0.2) is 4.39 Å². The summed E-state index contributed by atoms with van der Waals surface area (Å²) in [5.74, 6) is 0.359. The highest BCUT2D eigenvalue weighted by molar-refractivity contribution is 5.49. The predicted octanol–water partition coefficient (Wildman–Crippen LogP) is 2.94. The third-order valence-electron chi connectivity index (χ3n) is 3.56. The molecule has 1 atom stereocenters. The number of aliphatic hydroxyl groups excluding tert-OH is 1. The number of aliphatic hydroxyl groups is 1. The van der Waals surface area contributed by atoms with E-state index in [-0.39, 0.29) is 6.61 Å². The predicted molar refractivity (Wildman–Crippen MR) is 79.9 cm³/mol. The monoisotopic (exact) mass is 290 g/mol. The second-order valence-corrected chi connectivity index (χ2v) is 4.81. The number of halogens is 1. The molecule has 0 aliphatic carbocycles. The molecule has 0 aliphatic rings. The molecule has 2 aromatic rings. The molecule has 5 heteroatoms. The zero-order valence-electron chi connectivity index (χ0n) is 12.1. The van der Waals surface area contributed by atoms with Gasteiger partial charge in [0.05, 0.1) is 25.6 Å². The van der Waals surface area contributed by atoms with Crippen LogP contribution in [0.15, 0.2) is 42.6 Å². The lowest BCUT2D eigenvalue weighted by atomic mass is 9.91. The summed E-state index contributed by atoms with van der Waals surface area (Å²) < 4.78 is 18.2. The first-order valence-electron chi connectivity index (χ1n) is 6.78. The molecule has 0 bridgehead atoms. The lowest BCUT2D eigenvalue weighted by Crippen LogP contribution is -2.39. The molecule has 4 nitrogen and oxygen atoms in total. The fraction of sp³-hybridized carbons (Fsp3) is 0.312. The molecule has 0 saturated carbocycles. The van der Waals surface area contributed by atoms with E-state index in [1.165, 1.54) is 6.07 Å². The smallest absolute Gasteiger partial charge is 0.141 e. The summed E-state index contributed by atoms with van der Waals surface area (Å²) in [6.45, 7) is 1.80. The van der Waals surface area contributed by atoms with Crippen molar-refractivity contribution in [3.05, 3.63) is 54.1 Å². The van der Waals surface area contributed by atoms with Gasteiger partial charge in [0.1, 0.15) is 17.1 Å². The molecular weight excluding hydrogens is 271 g/mol. The van der Waals surface area contributed by atoms with Crippen molar-refractivity contribution >= 4 is 5.69 Å². The van der Waals surface area contributed by atoms with Gasteiger partial charge >= 0.3 is 0 Å². The maximum absolute atomic E-state index is 13.0. The average Bonchev–Trinajstić information content (AvgIpc) is 2.54. The maximum atomic E-state index is 13.0. The van der Waals surface area contributed by atoms with Gasteiger partial charge in [0.2, 0.25) is 0 Å². The SMILES string of the molecule is CCC(CO)(Nc1ccc(OC)cc1)c1ccc(F)cn1. The summed E-state index contributed by atoms with van der Waals surface area (Å²) in [5, 5.41) is 13.1. The molecule has 0 saturated heterocycles. The normalized spacial score (nSPS) is 13.5. The number of hydrogen-bond donors (Lipinski definition) is 2. The Kier molecular flexibility index (Phi) is 4.75. The van der Waals surface area contributed by atoms with E-state index in [0.717, 1.165) is 17.6 Å². The summed E-state index contributed by atoms with van der Waals surface area (Å²) in [6.07, 6.45) is 1.76. The topological polar surface area (TPSA) is 54.4 Å². The third-order valence-corrected chi connectivity index (χ3v) is 3.56. The Labute approximate surface area is 123 Å². The van der Waals surface area contributed by atoms with E-state index in [2.05, 4.69) is 10.3 Å². The lowest BCUT2D eigenvalue weighted by molar-refractivity contribution is 0.204. The molecule has 1 unspecified atom stereocenters. The molecule has 0 amide bonds. The summed E-state index contributed by atoms with van der Waals surface area (Å²) in [6, 6.07) is 10.3.